The van der Waals surface area contributed by atoms with Crippen LogP contribution < -0.4 is 10.9 Å². The lowest BCUT2D eigenvalue weighted by Gasteiger charge is -2.11. The average molecular weight is 416 g/mol. The fourth-order valence-electron chi connectivity index (χ4n) is 3.21. The molecule has 0 atom stereocenters. The van der Waals surface area contributed by atoms with Gasteiger partial charge in [0, 0.05) is 22.8 Å². The summed E-state index contributed by atoms with van der Waals surface area (Å²) in [5, 5.41) is 3.54. The summed E-state index contributed by atoms with van der Waals surface area (Å²) in [6.45, 7) is 2.20. The van der Waals surface area contributed by atoms with Crippen molar-refractivity contribution in [1.29, 1.82) is 0 Å². The number of aryl methyl sites for hydroxylation is 2. The van der Waals surface area contributed by atoms with Crippen molar-refractivity contribution >= 4 is 34.3 Å². The summed E-state index contributed by atoms with van der Waals surface area (Å²) in [4.78, 5) is 31.7. The highest BCUT2D eigenvalue weighted by Crippen LogP contribution is 2.33. The molecule has 30 heavy (non-hydrogen) atoms. The van der Waals surface area contributed by atoms with Gasteiger partial charge in [-0.1, -0.05) is 54.2 Å². The van der Waals surface area contributed by atoms with Crippen molar-refractivity contribution in [2.45, 2.75) is 29.7 Å². The molecular weight excluding hydrogens is 394 g/mol. The van der Waals surface area contributed by atoms with Crippen LogP contribution in [0.3, 0.4) is 0 Å². The molecule has 1 amide bonds. The van der Waals surface area contributed by atoms with Crippen molar-refractivity contribution in [2.75, 3.05) is 5.32 Å². The molecule has 3 aromatic carbocycles. The zero-order valence-electron chi connectivity index (χ0n) is 16.5. The van der Waals surface area contributed by atoms with Gasteiger partial charge < -0.3 is 5.32 Å². The van der Waals surface area contributed by atoms with Crippen LogP contribution in [-0.4, -0.2) is 15.5 Å². The third kappa shape index (κ3) is 4.44. The highest BCUT2D eigenvalue weighted by molar-refractivity contribution is 7.99. The van der Waals surface area contributed by atoms with E-state index in [0.29, 0.717) is 10.9 Å². The van der Waals surface area contributed by atoms with Crippen LogP contribution in [-0.2, 0) is 11.3 Å². The highest BCUT2D eigenvalue weighted by Gasteiger charge is 2.10. The minimum atomic E-state index is -0.146. The molecule has 0 aliphatic heterocycles. The first-order valence-electron chi connectivity index (χ1n) is 9.68. The molecule has 0 radical (unpaired) electrons. The molecule has 4 aromatic rings. The first-order chi connectivity index (χ1) is 14.6. The fourth-order valence-corrected chi connectivity index (χ4v) is 4.13. The molecule has 1 aromatic heterocycles. The minimum Gasteiger partial charge on any atom is -0.325 e. The maximum atomic E-state index is 12.7. The standard InChI is InChI=1S/C24H21N3O2S/c1-17-8-7-11-19-23(17)25-16-27(24(19)29)15-14-22(28)26-20-12-5-6-13-21(20)30-18-9-3-2-4-10-18/h2-13,16H,14-15H2,1H3,(H,26,28). The molecule has 0 aliphatic carbocycles. The number of rotatable bonds is 6. The molecule has 5 nitrogen and oxygen atoms in total. The number of carbonyl (C=O) groups excluding carboxylic acids is 1. The SMILES string of the molecule is Cc1cccc2c(=O)n(CCC(=O)Nc3ccccc3Sc3ccccc3)cnc12. The molecular formula is C24H21N3O2S. The molecule has 6 heteroatoms. The van der Waals surface area contributed by atoms with Crippen LogP contribution in [0, 0.1) is 6.92 Å². The zero-order chi connectivity index (χ0) is 20.9. The number of hydrogen-bond acceptors (Lipinski definition) is 4. The number of nitrogens with one attached hydrogen (secondary N) is 1. The first kappa shape index (κ1) is 19.9. The maximum absolute atomic E-state index is 12.7. The van der Waals surface area contributed by atoms with Gasteiger partial charge in [-0.25, -0.2) is 4.98 Å². The Balaban J connectivity index is 1.46. The van der Waals surface area contributed by atoms with Gasteiger partial charge in [-0.2, -0.15) is 0 Å². The van der Waals surface area contributed by atoms with E-state index in [9.17, 15) is 9.59 Å². The van der Waals surface area contributed by atoms with E-state index in [2.05, 4.69) is 10.3 Å². The number of nitrogens with zero attached hydrogens (tertiary/aromatic N) is 2. The highest BCUT2D eigenvalue weighted by atomic mass is 32.2. The van der Waals surface area contributed by atoms with Crippen LogP contribution in [0.2, 0.25) is 0 Å². The van der Waals surface area contributed by atoms with Gasteiger partial charge in [-0.05, 0) is 42.8 Å². The zero-order valence-corrected chi connectivity index (χ0v) is 17.4. The number of benzene rings is 3. The van der Waals surface area contributed by atoms with Crippen molar-refractivity contribution in [2.24, 2.45) is 0 Å². The lowest BCUT2D eigenvalue weighted by Crippen LogP contribution is -2.24. The van der Waals surface area contributed by atoms with Gasteiger partial charge in [0.1, 0.15) is 0 Å². The Labute approximate surface area is 178 Å². The van der Waals surface area contributed by atoms with E-state index in [-0.39, 0.29) is 24.4 Å². The molecule has 0 saturated heterocycles. The lowest BCUT2D eigenvalue weighted by atomic mass is 10.1. The number of fused-ring (bicyclic) bond motifs is 1. The monoisotopic (exact) mass is 415 g/mol. The topological polar surface area (TPSA) is 64.0 Å². The van der Waals surface area contributed by atoms with Crippen molar-refractivity contribution in [3.63, 3.8) is 0 Å². The Morgan fingerprint density at radius 3 is 2.60 bits per heavy atom. The average Bonchev–Trinajstić information content (AvgIpc) is 2.76. The Hall–Kier alpha value is -3.38. The summed E-state index contributed by atoms with van der Waals surface area (Å²) in [6, 6.07) is 23.3. The third-order valence-corrected chi connectivity index (χ3v) is 5.85. The Morgan fingerprint density at radius 1 is 1.00 bits per heavy atom. The molecule has 0 unspecified atom stereocenters. The van der Waals surface area contributed by atoms with E-state index in [0.717, 1.165) is 21.0 Å². The fraction of sp³-hybridized carbons (Fsp3) is 0.125. The number of hydrogen-bond donors (Lipinski definition) is 1. The number of amides is 1. The largest absolute Gasteiger partial charge is 0.325 e. The first-order valence-corrected chi connectivity index (χ1v) is 10.5. The summed E-state index contributed by atoms with van der Waals surface area (Å²) in [5.41, 5.74) is 2.30. The second-order valence-electron chi connectivity index (χ2n) is 6.92. The van der Waals surface area contributed by atoms with Crippen LogP contribution in [0.25, 0.3) is 10.9 Å². The molecule has 150 valence electrons. The molecule has 0 aliphatic rings. The van der Waals surface area contributed by atoms with Crippen molar-refractivity contribution in [3.05, 3.63) is 95.0 Å². The van der Waals surface area contributed by atoms with Crippen LogP contribution in [0.15, 0.2) is 93.7 Å². The van der Waals surface area contributed by atoms with Gasteiger partial charge in [0.05, 0.1) is 22.9 Å². The molecule has 0 bridgehead atoms. The number of aromatic nitrogens is 2. The van der Waals surface area contributed by atoms with Crippen LogP contribution in [0.1, 0.15) is 12.0 Å². The van der Waals surface area contributed by atoms with E-state index >= 15 is 0 Å². The van der Waals surface area contributed by atoms with E-state index in [1.54, 1.807) is 17.8 Å². The quantitative estimate of drug-likeness (QED) is 0.487. The van der Waals surface area contributed by atoms with E-state index in [1.807, 2.05) is 73.7 Å². The van der Waals surface area contributed by atoms with Crippen molar-refractivity contribution in [3.8, 4) is 0 Å². The van der Waals surface area contributed by atoms with E-state index < -0.39 is 0 Å². The minimum absolute atomic E-state index is 0.128. The maximum Gasteiger partial charge on any atom is 0.261 e. The predicted molar refractivity (Wildman–Crippen MR) is 121 cm³/mol. The summed E-state index contributed by atoms with van der Waals surface area (Å²) in [6.07, 6.45) is 1.70. The molecule has 0 spiro atoms. The number of anilines is 1. The second kappa shape index (κ2) is 8.97. The summed E-state index contributed by atoms with van der Waals surface area (Å²) in [5.74, 6) is -0.146. The number of para-hydroxylation sites is 2. The van der Waals surface area contributed by atoms with Gasteiger partial charge in [-0.3, -0.25) is 14.2 Å². The van der Waals surface area contributed by atoms with Gasteiger partial charge in [0.2, 0.25) is 5.91 Å². The molecule has 1 heterocycles. The summed E-state index contributed by atoms with van der Waals surface area (Å²) < 4.78 is 1.49. The Kier molecular flexibility index (Phi) is 5.95. The lowest BCUT2D eigenvalue weighted by molar-refractivity contribution is -0.116. The Morgan fingerprint density at radius 2 is 1.77 bits per heavy atom. The smallest absolute Gasteiger partial charge is 0.261 e. The molecule has 4 rings (SSSR count). The number of carbonyl (C=O) groups is 1. The van der Waals surface area contributed by atoms with Crippen LogP contribution >= 0.6 is 11.8 Å². The Bertz CT molecular complexity index is 1250. The molecule has 0 saturated carbocycles. The van der Waals surface area contributed by atoms with E-state index in [1.165, 1.54) is 10.9 Å². The van der Waals surface area contributed by atoms with Gasteiger partial charge >= 0.3 is 0 Å². The van der Waals surface area contributed by atoms with Gasteiger partial charge in [0.25, 0.3) is 5.56 Å². The summed E-state index contributed by atoms with van der Waals surface area (Å²) >= 11 is 1.60. The van der Waals surface area contributed by atoms with Crippen molar-refractivity contribution in [1.82, 2.24) is 9.55 Å². The second-order valence-corrected chi connectivity index (χ2v) is 8.04. The molecule has 1 N–H and O–H groups in total. The third-order valence-electron chi connectivity index (χ3n) is 4.77. The van der Waals surface area contributed by atoms with E-state index in [4.69, 9.17) is 0 Å². The van der Waals surface area contributed by atoms with Gasteiger partial charge in [0.15, 0.2) is 0 Å². The van der Waals surface area contributed by atoms with Crippen LogP contribution in [0.5, 0.6) is 0 Å². The summed E-state index contributed by atoms with van der Waals surface area (Å²) in [7, 11) is 0. The van der Waals surface area contributed by atoms with Gasteiger partial charge in [-0.15, -0.1) is 0 Å². The molecule has 0 fully saturated rings. The normalized spacial score (nSPS) is 10.8. The van der Waals surface area contributed by atoms with Crippen molar-refractivity contribution < 1.29 is 4.79 Å². The predicted octanol–water partition coefficient (Wildman–Crippen LogP) is 4.88. The van der Waals surface area contributed by atoms with Crippen LogP contribution in [0.4, 0.5) is 5.69 Å².